The maximum atomic E-state index is 11.4. The van der Waals surface area contributed by atoms with Crippen molar-refractivity contribution in [3.8, 4) is 11.3 Å². The Balaban J connectivity index is 1.61. The minimum atomic E-state index is -0.388. The van der Waals surface area contributed by atoms with E-state index in [2.05, 4.69) is 44.0 Å². The van der Waals surface area contributed by atoms with Crippen LogP contribution in [0.25, 0.3) is 11.3 Å². The normalized spacial score (nSPS) is 16.1. The van der Waals surface area contributed by atoms with Gasteiger partial charge in [-0.1, -0.05) is 61.9 Å². The molecule has 1 aromatic heterocycles. The summed E-state index contributed by atoms with van der Waals surface area (Å²) >= 11 is 1.44. The Morgan fingerprint density at radius 1 is 1.03 bits per heavy atom. The van der Waals surface area contributed by atoms with Crippen LogP contribution in [0.15, 0.2) is 100 Å². The molecule has 37 heavy (non-hydrogen) atoms. The lowest BCUT2D eigenvalue weighted by Gasteiger charge is -2.23. The standard InChI is InChI=1S/C29H27N5O2S/c1-20-12-14-22(15-13-20)31-28-33(26(19-37-28)21-8-7-9-23(18-21)34(35)36)30-17-16-27-29(2,3)24-10-5-6-11-25(24)32(27)4/h5-19H,1-4H3. The van der Waals surface area contributed by atoms with Gasteiger partial charge in [0, 0.05) is 53.1 Å². The first-order valence-electron chi connectivity index (χ1n) is 11.9. The summed E-state index contributed by atoms with van der Waals surface area (Å²) in [6.07, 6.45) is 3.80. The molecule has 4 aromatic rings. The zero-order valence-electron chi connectivity index (χ0n) is 21.1. The Hall–Kier alpha value is -4.30. The van der Waals surface area contributed by atoms with E-state index in [1.54, 1.807) is 23.0 Å². The predicted octanol–water partition coefficient (Wildman–Crippen LogP) is 6.81. The number of rotatable bonds is 5. The minimum Gasteiger partial charge on any atom is -0.347 e. The molecule has 1 aliphatic heterocycles. The highest BCUT2D eigenvalue weighted by Crippen LogP contribution is 2.46. The van der Waals surface area contributed by atoms with Crippen molar-refractivity contribution in [2.24, 2.45) is 10.1 Å². The number of non-ortho nitro benzene ring substituents is 1. The summed E-state index contributed by atoms with van der Waals surface area (Å²) in [6.45, 7) is 6.45. The van der Waals surface area contributed by atoms with Gasteiger partial charge in [-0.25, -0.2) is 9.67 Å². The number of thiazole rings is 1. The number of fused-ring (bicyclic) bond motifs is 1. The largest absolute Gasteiger partial charge is 0.347 e. The quantitative estimate of drug-likeness (QED) is 0.168. The zero-order valence-corrected chi connectivity index (χ0v) is 21.9. The number of nitro groups is 1. The molecule has 7 nitrogen and oxygen atoms in total. The molecule has 0 amide bonds. The number of allylic oxidation sites excluding steroid dienone is 2. The number of hydrogen-bond donors (Lipinski definition) is 0. The molecule has 0 saturated heterocycles. The van der Waals surface area contributed by atoms with E-state index in [0.29, 0.717) is 10.4 Å². The van der Waals surface area contributed by atoms with Crippen molar-refractivity contribution in [1.82, 2.24) is 4.68 Å². The molecule has 5 rings (SSSR count). The van der Waals surface area contributed by atoms with Gasteiger partial charge in [-0.15, -0.1) is 11.3 Å². The number of nitro benzene ring substituents is 1. The Morgan fingerprint density at radius 3 is 2.51 bits per heavy atom. The number of benzene rings is 3. The fraction of sp³-hybridized carbons (Fsp3) is 0.172. The molecule has 0 fully saturated rings. The average molecular weight is 510 g/mol. The molecule has 0 unspecified atom stereocenters. The molecule has 186 valence electrons. The van der Waals surface area contributed by atoms with Crippen molar-refractivity contribution in [1.29, 1.82) is 0 Å². The lowest BCUT2D eigenvalue weighted by Crippen LogP contribution is -2.23. The first kappa shape index (κ1) is 24.4. The lowest BCUT2D eigenvalue weighted by atomic mass is 9.84. The van der Waals surface area contributed by atoms with Gasteiger partial charge in [0.15, 0.2) is 0 Å². The Morgan fingerprint density at radius 2 is 1.78 bits per heavy atom. The van der Waals surface area contributed by atoms with Gasteiger partial charge in [0.1, 0.15) is 0 Å². The van der Waals surface area contributed by atoms with Gasteiger partial charge in [0.05, 0.1) is 16.3 Å². The maximum absolute atomic E-state index is 11.4. The number of nitrogens with zero attached hydrogens (tertiary/aromatic N) is 5. The summed E-state index contributed by atoms with van der Waals surface area (Å²) in [5.74, 6) is 0. The summed E-state index contributed by atoms with van der Waals surface area (Å²) in [4.78, 5) is 18.7. The highest BCUT2D eigenvalue weighted by molar-refractivity contribution is 7.07. The molecule has 3 aromatic carbocycles. The second-order valence-electron chi connectivity index (χ2n) is 9.49. The Kier molecular flexibility index (Phi) is 6.35. The fourth-order valence-electron chi connectivity index (χ4n) is 4.67. The SMILES string of the molecule is Cc1ccc(N=c2scc(-c3cccc([N+](=O)[O-])c3)n2N=CC=C2N(C)c3ccccc3C2(C)C)cc1. The lowest BCUT2D eigenvalue weighted by molar-refractivity contribution is -0.384. The molecular formula is C29H27N5O2S. The fourth-order valence-corrected chi connectivity index (χ4v) is 5.52. The maximum Gasteiger partial charge on any atom is 0.270 e. The third-order valence-electron chi connectivity index (χ3n) is 6.65. The summed E-state index contributed by atoms with van der Waals surface area (Å²) in [6, 6.07) is 22.9. The molecule has 0 aliphatic carbocycles. The van der Waals surface area contributed by atoms with Crippen molar-refractivity contribution in [2.75, 3.05) is 11.9 Å². The molecule has 0 N–H and O–H groups in total. The third-order valence-corrected chi connectivity index (χ3v) is 7.47. The number of aryl methyl sites for hydroxylation is 1. The van der Waals surface area contributed by atoms with Crippen LogP contribution in [0.2, 0.25) is 0 Å². The molecule has 0 bridgehead atoms. The van der Waals surface area contributed by atoms with E-state index in [9.17, 15) is 10.1 Å². The van der Waals surface area contributed by atoms with E-state index in [4.69, 9.17) is 10.1 Å². The van der Waals surface area contributed by atoms with Gasteiger partial charge < -0.3 is 4.90 Å². The van der Waals surface area contributed by atoms with Crippen LogP contribution in [0.3, 0.4) is 0 Å². The van der Waals surface area contributed by atoms with Crippen molar-refractivity contribution < 1.29 is 4.92 Å². The van der Waals surface area contributed by atoms with Crippen LogP contribution in [-0.2, 0) is 5.41 Å². The van der Waals surface area contributed by atoms with Gasteiger partial charge in [0.2, 0.25) is 4.80 Å². The first-order valence-corrected chi connectivity index (χ1v) is 12.8. The minimum absolute atomic E-state index is 0.0328. The number of para-hydroxylation sites is 1. The smallest absolute Gasteiger partial charge is 0.270 e. The van der Waals surface area contributed by atoms with E-state index in [-0.39, 0.29) is 16.0 Å². The van der Waals surface area contributed by atoms with Gasteiger partial charge in [-0.05, 0) is 36.8 Å². The molecule has 0 spiro atoms. The molecule has 2 heterocycles. The van der Waals surface area contributed by atoms with Crippen LogP contribution >= 0.6 is 11.3 Å². The van der Waals surface area contributed by atoms with E-state index < -0.39 is 0 Å². The van der Waals surface area contributed by atoms with Crippen LogP contribution in [0.5, 0.6) is 0 Å². The van der Waals surface area contributed by atoms with E-state index in [1.165, 1.54) is 28.7 Å². The summed E-state index contributed by atoms with van der Waals surface area (Å²) in [5.41, 5.74) is 6.84. The third kappa shape index (κ3) is 4.63. The van der Waals surface area contributed by atoms with Gasteiger partial charge in [-0.2, -0.15) is 5.10 Å². The second kappa shape index (κ2) is 9.63. The summed E-state index contributed by atoms with van der Waals surface area (Å²) < 4.78 is 1.75. The van der Waals surface area contributed by atoms with Crippen molar-refractivity contribution in [2.45, 2.75) is 26.2 Å². The van der Waals surface area contributed by atoms with Crippen LogP contribution in [0, 0.1) is 17.0 Å². The number of hydrogen-bond acceptors (Lipinski definition) is 6. The van der Waals surface area contributed by atoms with Gasteiger partial charge >= 0.3 is 0 Å². The molecule has 1 aliphatic rings. The zero-order chi connectivity index (χ0) is 26.2. The number of likely N-dealkylation sites (N-methyl/N-ethyl adjacent to an activating group) is 1. The monoisotopic (exact) mass is 509 g/mol. The topological polar surface area (TPSA) is 76.0 Å². The van der Waals surface area contributed by atoms with Crippen LogP contribution < -0.4 is 9.70 Å². The second-order valence-corrected chi connectivity index (χ2v) is 10.3. The molecule has 0 saturated carbocycles. The Bertz CT molecular complexity index is 1610. The molecule has 0 radical (unpaired) electrons. The highest BCUT2D eigenvalue weighted by Gasteiger charge is 2.37. The van der Waals surface area contributed by atoms with Crippen molar-refractivity contribution in [3.05, 3.63) is 116 Å². The van der Waals surface area contributed by atoms with E-state index >= 15 is 0 Å². The van der Waals surface area contributed by atoms with Crippen LogP contribution in [-0.4, -0.2) is 22.9 Å². The van der Waals surface area contributed by atoms with Crippen LogP contribution in [0.1, 0.15) is 25.0 Å². The Labute approximate surface area is 219 Å². The average Bonchev–Trinajstić information content (AvgIpc) is 3.37. The van der Waals surface area contributed by atoms with Crippen molar-refractivity contribution in [3.63, 3.8) is 0 Å². The number of anilines is 1. The van der Waals surface area contributed by atoms with E-state index in [1.807, 2.05) is 54.8 Å². The highest BCUT2D eigenvalue weighted by atomic mass is 32.1. The molecule has 8 heteroatoms. The first-order chi connectivity index (χ1) is 17.8. The summed E-state index contributed by atoms with van der Waals surface area (Å²) in [7, 11) is 2.07. The van der Waals surface area contributed by atoms with Crippen LogP contribution in [0.4, 0.5) is 17.1 Å². The molecule has 0 atom stereocenters. The summed E-state index contributed by atoms with van der Waals surface area (Å²) in [5, 5.41) is 18.1. The molecular weight excluding hydrogens is 482 g/mol. The predicted molar refractivity (Wildman–Crippen MR) is 151 cm³/mol. The number of aromatic nitrogens is 1. The van der Waals surface area contributed by atoms with Crippen molar-refractivity contribution >= 4 is 34.6 Å². The van der Waals surface area contributed by atoms with E-state index in [0.717, 1.165) is 22.6 Å². The van der Waals surface area contributed by atoms with Gasteiger partial charge in [0.25, 0.3) is 5.69 Å². The van der Waals surface area contributed by atoms with Gasteiger partial charge in [-0.3, -0.25) is 10.1 Å².